The van der Waals surface area contributed by atoms with E-state index in [2.05, 4.69) is 15.3 Å². The van der Waals surface area contributed by atoms with E-state index in [1.807, 2.05) is 0 Å². The fraction of sp³-hybridized carbons (Fsp3) is 0.190. The first kappa shape index (κ1) is 21.0. The van der Waals surface area contributed by atoms with E-state index < -0.39 is 23.0 Å². The Kier molecular flexibility index (Phi) is 5.73. The second-order valence-electron chi connectivity index (χ2n) is 6.60. The van der Waals surface area contributed by atoms with Crippen molar-refractivity contribution in [3.05, 3.63) is 60.3 Å². The van der Waals surface area contributed by atoms with E-state index in [0.29, 0.717) is 22.7 Å². The van der Waals surface area contributed by atoms with E-state index in [1.165, 1.54) is 0 Å². The Morgan fingerprint density at radius 2 is 1.81 bits per heavy atom. The number of hydrogen-bond donors (Lipinski definition) is 1. The fourth-order valence-electron chi connectivity index (χ4n) is 2.81. The van der Waals surface area contributed by atoms with Gasteiger partial charge in [0.1, 0.15) is 5.69 Å². The standard InChI is InChI=1S/C21H16F3N3O3S/c1-12(19(28)25-14-7-8-16-17(9-14)30-11-29-16)31-20-26-15(13-5-3-2-4-6-13)10-18(27-20)21(22,23)24/h2-10,12H,11H2,1H3,(H,25,28)/t12-/m0/s1. The van der Waals surface area contributed by atoms with E-state index in [1.54, 1.807) is 55.5 Å². The number of ether oxygens (including phenoxy) is 2. The number of benzene rings is 2. The molecule has 1 aliphatic rings. The molecule has 1 N–H and O–H groups in total. The highest BCUT2D eigenvalue weighted by molar-refractivity contribution is 8.00. The van der Waals surface area contributed by atoms with Crippen LogP contribution in [0.15, 0.2) is 59.8 Å². The average molecular weight is 447 g/mol. The fourth-order valence-corrected chi connectivity index (χ4v) is 3.59. The van der Waals surface area contributed by atoms with Gasteiger partial charge in [-0.25, -0.2) is 9.97 Å². The summed E-state index contributed by atoms with van der Waals surface area (Å²) in [4.78, 5) is 20.4. The Bertz CT molecular complexity index is 1110. The predicted molar refractivity (Wildman–Crippen MR) is 109 cm³/mol. The average Bonchev–Trinajstić information content (AvgIpc) is 3.21. The highest BCUT2D eigenvalue weighted by Gasteiger charge is 2.34. The van der Waals surface area contributed by atoms with Gasteiger partial charge in [-0.1, -0.05) is 42.1 Å². The van der Waals surface area contributed by atoms with Crippen LogP contribution in [0.1, 0.15) is 12.6 Å². The largest absolute Gasteiger partial charge is 0.454 e. The second-order valence-corrected chi connectivity index (χ2v) is 7.91. The van der Waals surface area contributed by atoms with Crippen molar-refractivity contribution in [3.63, 3.8) is 0 Å². The van der Waals surface area contributed by atoms with Crippen LogP contribution in [0.5, 0.6) is 11.5 Å². The molecule has 31 heavy (non-hydrogen) atoms. The summed E-state index contributed by atoms with van der Waals surface area (Å²) < 4.78 is 50.6. The summed E-state index contributed by atoms with van der Waals surface area (Å²) in [7, 11) is 0. The van der Waals surface area contributed by atoms with Crippen LogP contribution < -0.4 is 14.8 Å². The monoisotopic (exact) mass is 447 g/mol. The number of nitrogens with one attached hydrogen (secondary N) is 1. The molecule has 3 aromatic rings. The first-order chi connectivity index (χ1) is 14.8. The zero-order chi connectivity index (χ0) is 22.0. The predicted octanol–water partition coefficient (Wildman–Crippen LogP) is 5.01. The lowest BCUT2D eigenvalue weighted by atomic mass is 10.1. The summed E-state index contributed by atoms with van der Waals surface area (Å²) in [5, 5.41) is 1.82. The van der Waals surface area contributed by atoms with Gasteiger partial charge in [0.15, 0.2) is 16.7 Å². The van der Waals surface area contributed by atoms with Gasteiger partial charge in [0.25, 0.3) is 0 Å². The molecule has 4 rings (SSSR count). The van der Waals surface area contributed by atoms with E-state index in [0.717, 1.165) is 17.8 Å². The lowest BCUT2D eigenvalue weighted by Crippen LogP contribution is -2.23. The lowest BCUT2D eigenvalue weighted by molar-refractivity contribution is -0.141. The van der Waals surface area contributed by atoms with Crippen molar-refractivity contribution >= 4 is 23.4 Å². The number of aromatic nitrogens is 2. The van der Waals surface area contributed by atoms with E-state index in [-0.39, 0.29) is 17.6 Å². The number of hydrogen-bond acceptors (Lipinski definition) is 6. The second kappa shape index (κ2) is 8.46. The number of carbonyl (C=O) groups is 1. The number of nitrogens with zero attached hydrogens (tertiary/aromatic N) is 2. The van der Waals surface area contributed by atoms with Gasteiger partial charge in [0.2, 0.25) is 12.7 Å². The molecule has 160 valence electrons. The van der Waals surface area contributed by atoms with E-state index in [4.69, 9.17) is 9.47 Å². The molecular weight excluding hydrogens is 431 g/mol. The van der Waals surface area contributed by atoms with Gasteiger partial charge in [-0.05, 0) is 25.1 Å². The Morgan fingerprint density at radius 3 is 2.55 bits per heavy atom. The summed E-state index contributed by atoms with van der Waals surface area (Å²) in [5.41, 5.74) is 0.0763. The SMILES string of the molecule is C[C@H](Sc1nc(-c2ccccc2)cc(C(F)(F)F)n1)C(=O)Nc1ccc2c(c1)OCO2. The van der Waals surface area contributed by atoms with Gasteiger partial charge in [0, 0.05) is 17.3 Å². The van der Waals surface area contributed by atoms with Gasteiger partial charge < -0.3 is 14.8 Å². The number of amides is 1. The molecular formula is C21H16F3N3O3S. The van der Waals surface area contributed by atoms with Gasteiger partial charge in [-0.2, -0.15) is 13.2 Å². The highest BCUT2D eigenvalue weighted by atomic mass is 32.2. The number of rotatable bonds is 5. The minimum Gasteiger partial charge on any atom is -0.454 e. The summed E-state index contributed by atoms with van der Waals surface area (Å²) in [6.07, 6.45) is -4.64. The van der Waals surface area contributed by atoms with Crippen LogP contribution in [0.4, 0.5) is 18.9 Å². The van der Waals surface area contributed by atoms with Crippen LogP contribution in [-0.4, -0.2) is 27.9 Å². The Labute approximate surface area is 179 Å². The van der Waals surface area contributed by atoms with E-state index in [9.17, 15) is 18.0 Å². The van der Waals surface area contributed by atoms with Crippen molar-refractivity contribution in [1.29, 1.82) is 0 Å². The van der Waals surface area contributed by atoms with E-state index >= 15 is 0 Å². The number of alkyl halides is 3. The van der Waals surface area contributed by atoms with Gasteiger partial charge >= 0.3 is 6.18 Å². The molecule has 2 heterocycles. The molecule has 0 saturated carbocycles. The zero-order valence-corrected chi connectivity index (χ0v) is 17.0. The van der Waals surface area contributed by atoms with Crippen LogP contribution in [0.25, 0.3) is 11.3 Å². The molecule has 0 bridgehead atoms. The van der Waals surface area contributed by atoms with Gasteiger partial charge in [-0.15, -0.1) is 0 Å². The number of halogens is 3. The lowest BCUT2D eigenvalue weighted by Gasteiger charge is -2.14. The van der Waals surface area contributed by atoms with Crippen LogP contribution >= 0.6 is 11.8 Å². The molecule has 0 saturated heterocycles. The van der Waals surface area contributed by atoms with Crippen LogP contribution in [-0.2, 0) is 11.0 Å². The summed E-state index contributed by atoms with van der Waals surface area (Å²) >= 11 is 0.845. The van der Waals surface area contributed by atoms with Crippen molar-refractivity contribution in [2.75, 3.05) is 12.1 Å². The third-order valence-corrected chi connectivity index (χ3v) is 5.32. The third kappa shape index (κ3) is 4.91. The molecule has 1 atom stereocenters. The maximum Gasteiger partial charge on any atom is 0.433 e. The molecule has 10 heteroatoms. The Balaban J connectivity index is 1.54. The van der Waals surface area contributed by atoms with Crippen LogP contribution in [0.2, 0.25) is 0 Å². The minimum absolute atomic E-state index is 0.107. The van der Waals surface area contributed by atoms with Crippen LogP contribution in [0.3, 0.4) is 0 Å². The maximum absolute atomic E-state index is 13.4. The first-order valence-corrected chi connectivity index (χ1v) is 10.1. The van der Waals surface area contributed by atoms with Crippen molar-refractivity contribution in [1.82, 2.24) is 9.97 Å². The number of carbonyl (C=O) groups excluding carboxylic acids is 1. The quantitative estimate of drug-likeness (QED) is 0.438. The molecule has 0 fully saturated rings. The Hall–Kier alpha value is -3.27. The number of thioether (sulfide) groups is 1. The third-order valence-electron chi connectivity index (χ3n) is 4.36. The molecule has 0 spiro atoms. The van der Waals surface area contributed by atoms with Crippen molar-refractivity contribution in [2.24, 2.45) is 0 Å². The molecule has 0 unspecified atom stereocenters. The molecule has 0 aliphatic carbocycles. The maximum atomic E-state index is 13.4. The van der Waals surface area contributed by atoms with Crippen molar-refractivity contribution in [2.45, 2.75) is 23.5 Å². The topological polar surface area (TPSA) is 73.3 Å². The number of anilines is 1. The highest BCUT2D eigenvalue weighted by Crippen LogP contribution is 2.35. The first-order valence-electron chi connectivity index (χ1n) is 9.18. The molecule has 1 amide bonds. The van der Waals surface area contributed by atoms with Crippen molar-refractivity contribution < 1.29 is 27.4 Å². The molecule has 1 aliphatic heterocycles. The molecule has 1 aromatic heterocycles. The molecule has 2 aromatic carbocycles. The molecule has 0 radical (unpaired) electrons. The summed E-state index contributed by atoms with van der Waals surface area (Å²) in [5.74, 6) is 0.671. The summed E-state index contributed by atoms with van der Waals surface area (Å²) in [6.45, 7) is 1.68. The number of fused-ring (bicyclic) bond motifs is 1. The minimum atomic E-state index is -4.64. The molecule has 6 nitrogen and oxygen atoms in total. The Morgan fingerprint density at radius 1 is 1.06 bits per heavy atom. The van der Waals surface area contributed by atoms with Crippen molar-refractivity contribution in [3.8, 4) is 22.8 Å². The van der Waals surface area contributed by atoms with Gasteiger partial charge in [0.05, 0.1) is 10.9 Å². The smallest absolute Gasteiger partial charge is 0.433 e. The normalized spacial score (nSPS) is 13.7. The van der Waals surface area contributed by atoms with Crippen LogP contribution in [0, 0.1) is 0 Å². The van der Waals surface area contributed by atoms with Gasteiger partial charge in [-0.3, -0.25) is 4.79 Å². The zero-order valence-electron chi connectivity index (χ0n) is 16.1. The summed E-state index contributed by atoms with van der Waals surface area (Å²) in [6, 6.07) is 14.3.